The highest BCUT2D eigenvalue weighted by molar-refractivity contribution is 6.26. The maximum Gasteiger partial charge on any atom is 0.277 e. The fraction of sp³-hybridized carbons (Fsp3) is 0.263. The molecule has 25 heavy (non-hydrogen) atoms. The van der Waals surface area contributed by atoms with Gasteiger partial charge in [0.05, 0.1) is 27.8 Å². The predicted molar refractivity (Wildman–Crippen MR) is 90.8 cm³/mol. The van der Waals surface area contributed by atoms with Crippen LogP contribution in [0.1, 0.15) is 6.42 Å². The molecule has 124 valence electrons. The van der Waals surface area contributed by atoms with Gasteiger partial charge in [0.1, 0.15) is 0 Å². The van der Waals surface area contributed by atoms with E-state index in [1.807, 2.05) is 0 Å². The Morgan fingerprint density at radius 3 is 2.12 bits per heavy atom. The lowest BCUT2D eigenvalue weighted by Gasteiger charge is -2.19. The lowest BCUT2D eigenvalue weighted by Crippen LogP contribution is -2.33. The van der Waals surface area contributed by atoms with Gasteiger partial charge in [0.2, 0.25) is 11.8 Å². The number of imide groups is 1. The molecule has 2 amide bonds. The third-order valence-electron chi connectivity index (χ3n) is 5.79. The number of nitro benzene ring substituents is 1. The van der Waals surface area contributed by atoms with Crippen molar-refractivity contribution in [3.63, 3.8) is 0 Å². The molecule has 2 bridgehead atoms. The molecule has 2 aromatic carbocycles. The number of carbonyl (C=O) groups excluding carboxylic acids is 2. The average Bonchev–Trinajstić information content (AvgIpc) is 3.28. The second-order valence-electron chi connectivity index (χ2n) is 6.92. The molecule has 6 nitrogen and oxygen atoms in total. The van der Waals surface area contributed by atoms with Crippen molar-refractivity contribution in [2.45, 2.75) is 6.42 Å². The van der Waals surface area contributed by atoms with Gasteiger partial charge in [-0.1, -0.05) is 30.4 Å². The largest absolute Gasteiger partial charge is 0.277 e. The van der Waals surface area contributed by atoms with Gasteiger partial charge in [0, 0.05) is 11.5 Å². The van der Waals surface area contributed by atoms with E-state index in [0.717, 1.165) is 6.42 Å². The number of fused-ring (bicyclic) bond motifs is 6. The van der Waals surface area contributed by atoms with Crippen LogP contribution in [0.2, 0.25) is 0 Å². The molecule has 0 spiro atoms. The number of nitro groups is 1. The van der Waals surface area contributed by atoms with Crippen LogP contribution in [0.15, 0.2) is 48.6 Å². The summed E-state index contributed by atoms with van der Waals surface area (Å²) in [5.74, 6) is -0.633. The number of amides is 2. The van der Waals surface area contributed by atoms with E-state index in [0.29, 0.717) is 16.5 Å². The van der Waals surface area contributed by atoms with E-state index in [1.54, 1.807) is 24.3 Å². The summed E-state index contributed by atoms with van der Waals surface area (Å²) < 4.78 is 0. The van der Waals surface area contributed by atoms with E-state index in [4.69, 9.17) is 0 Å². The molecule has 1 heterocycles. The van der Waals surface area contributed by atoms with Crippen LogP contribution in [-0.4, -0.2) is 16.7 Å². The summed E-state index contributed by atoms with van der Waals surface area (Å²) in [5, 5.41) is 12.3. The molecule has 4 atom stereocenters. The molecule has 0 N–H and O–H groups in total. The minimum absolute atomic E-state index is 0.0274. The Hall–Kier alpha value is -3.02. The Balaban J connectivity index is 1.68. The van der Waals surface area contributed by atoms with Crippen molar-refractivity contribution < 1.29 is 14.5 Å². The van der Waals surface area contributed by atoms with E-state index in [1.165, 1.54) is 17.0 Å². The number of anilines is 1. The SMILES string of the molecule is O=C1[C@@H]2C3C=CC(C3)[C@@H]2C(=O)N1c1ccc([N+](=O)[O-])c2ccccc12. The van der Waals surface area contributed by atoms with Crippen LogP contribution in [-0.2, 0) is 9.59 Å². The second-order valence-corrected chi connectivity index (χ2v) is 6.92. The van der Waals surface area contributed by atoms with Crippen molar-refractivity contribution in [3.05, 3.63) is 58.7 Å². The Kier molecular flexibility index (Phi) is 2.72. The smallest absolute Gasteiger partial charge is 0.274 e. The number of rotatable bonds is 2. The standard InChI is InChI=1S/C19H14N2O4/c22-18-16-10-5-6-11(9-10)17(16)19(23)20(18)14-7-8-15(21(24)25)13-4-2-1-3-12(13)14/h1-8,10-11,16-17H,9H2/t10?,11?,16-,17+. The third-order valence-corrected chi connectivity index (χ3v) is 5.79. The molecule has 2 aliphatic carbocycles. The van der Waals surface area contributed by atoms with Crippen molar-refractivity contribution >= 4 is 34.0 Å². The summed E-state index contributed by atoms with van der Waals surface area (Å²) in [4.78, 5) is 38.1. The van der Waals surface area contributed by atoms with E-state index in [9.17, 15) is 19.7 Å². The molecule has 1 saturated heterocycles. The lowest BCUT2D eigenvalue weighted by molar-refractivity contribution is -0.383. The van der Waals surface area contributed by atoms with E-state index in [-0.39, 0.29) is 41.2 Å². The Labute approximate surface area is 142 Å². The Morgan fingerprint density at radius 2 is 1.52 bits per heavy atom. The van der Waals surface area contributed by atoms with E-state index >= 15 is 0 Å². The monoisotopic (exact) mass is 334 g/mol. The predicted octanol–water partition coefficient (Wildman–Crippen LogP) is 3.06. The minimum atomic E-state index is -0.446. The van der Waals surface area contributed by atoms with Gasteiger partial charge >= 0.3 is 0 Å². The molecular weight excluding hydrogens is 320 g/mol. The van der Waals surface area contributed by atoms with Gasteiger partial charge in [-0.15, -0.1) is 0 Å². The first-order chi connectivity index (χ1) is 12.1. The third kappa shape index (κ3) is 1.74. The first-order valence-electron chi connectivity index (χ1n) is 8.30. The highest BCUT2D eigenvalue weighted by atomic mass is 16.6. The number of hydrogen-bond donors (Lipinski definition) is 0. The summed E-state index contributed by atoms with van der Waals surface area (Å²) in [6.07, 6.45) is 4.98. The fourth-order valence-electron chi connectivity index (χ4n) is 4.76. The number of hydrogen-bond acceptors (Lipinski definition) is 4. The average molecular weight is 334 g/mol. The summed E-state index contributed by atoms with van der Waals surface area (Å²) in [6, 6.07) is 9.73. The first kappa shape index (κ1) is 14.3. The minimum Gasteiger partial charge on any atom is -0.274 e. The molecule has 2 aromatic rings. The zero-order chi connectivity index (χ0) is 17.3. The van der Waals surface area contributed by atoms with Gasteiger partial charge in [0.25, 0.3) is 5.69 Å². The number of benzene rings is 2. The van der Waals surface area contributed by atoms with Crippen LogP contribution in [0.4, 0.5) is 11.4 Å². The van der Waals surface area contributed by atoms with Gasteiger partial charge in [-0.2, -0.15) is 0 Å². The molecule has 2 fully saturated rings. The van der Waals surface area contributed by atoms with Crippen LogP contribution < -0.4 is 4.90 Å². The number of carbonyl (C=O) groups is 2. The number of allylic oxidation sites excluding steroid dienone is 2. The van der Waals surface area contributed by atoms with Gasteiger partial charge < -0.3 is 0 Å². The maximum atomic E-state index is 13.0. The normalized spacial score (nSPS) is 29.7. The molecule has 2 unspecified atom stereocenters. The molecule has 0 radical (unpaired) electrons. The molecule has 1 saturated carbocycles. The summed E-state index contributed by atoms with van der Waals surface area (Å²) in [6.45, 7) is 0. The summed E-state index contributed by atoms with van der Waals surface area (Å²) in [5.41, 5.74) is 0.422. The van der Waals surface area contributed by atoms with Crippen molar-refractivity contribution in [2.24, 2.45) is 23.7 Å². The van der Waals surface area contributed by atoms with Crippen molar-refractivity contribution in [1.29, 1.82) is 0 Å². The molecule has 1 aliphatic heterocycles. The van der Waals surface area contributed by atoms with Gasteiger partial charge in [-0.05, 0) is 30.4 Å². The zero-order valence-corrected chi connectivity index (χ0v) is 13.2. The van der Waals surface area contributed by atoms with Crippen molar-refractivity contribution in [1.82, 2.24) is 0 Å². The van der Waals surface area contributed by atoms with E-state index < -0.39 is 4.92 Å². The Bertz CT molecular complexity index is 966. The molecular formula is C19H14N2O4. The van der Waals surface area contributed by atoms with Gasteiger partial charge in [-0.3, -0.25) is 19.7 Å². The second kappa shape index (κ2) is 4.75. The summed E-state index contributed by atoms with van der Waals surface area (Å²) in [7, 11) is 0. The number of non-ortho nitro benzene ring substituents is 1. The zero-order valence-electron chi connectivity index (χ0n) is 13.2. The van der Waals surface area contributed by atoms with Crippen molar-refractivity contribution in [3.8, 4) is 0 Å². The number of nitrogens with zero attached hydrogens (tertiary/aromatic N) is 2. The topological polar surface area (TPSA) is 80.5 Å². The molecule has 3 aliphatic rings. The van der Waals surface area contributed by atoms with Crippen LogP contribution in [0.5, 0.6) is 0 Å². The molecule has 0 aromatic heterocycles. The van der Waals surface area contributed by atoms with Gasteiger partial charge in [0.15, 0.2) is 0 Å². The summed E-state index contributed by atoms with van der Waals surface area (Å²) >= 11 is 0. The van der Waals surface area contributed by atoms with Crippen LogP contribution >= 0.6 is 0 Å². The maximum absolute atomic E-state index is 13.0. The first-order valence-corrected chi connectivity index (χ1v) is 8.30. The lowest BCUT2D eigenvalue weighted by atomic mass is 9.85. The van der Waals surface area contributed by atoms with E-state index in [2.05, 4.69) is 12.2 Å². The van der Waals surface area contributed by atoms with Gasteiger partial charge in [-0.25, -0.2) is 4.90 Å². The van der Waals surface area contributed by atoms with Crippen LogP contribution in [0.25, 0.3) is 10.8 Å². The fourth-order valence-corrected chi connectivity index (χ4v) is 4.76. The molecule has 6 heteroatoms. The van der Waals surface area contributed by atoms with Crippen LogP contribution in [0, 0.1) is 33.8 Å². The Morgan fingerprint density at radius 1 is 0.920 bits per heavy atom. The van der Waals surface area contributed by atoms with Crippen LogP contribution in [0.3, 0.4) is 0 Å². The highest BCUT2D eigenvalue weighted by Crippen LogP contribution is 2.53. The molecule has 5 rings (SSSR count). The quantitative estimate of drug-likeness (QED) is 0.366. The highest BCUT2D eigenvalue weighted by Gasteiger charge is 2.59. The van der Waals surface area contributed by atoms with Crippen molar-refractivity contribution in [2.75, 3.05) is 4.90 Å².